The Morgan fingerprint density at radius 2 is 1.81 bits per heavy atom. The molecule has 1 aromatic heterocycles. The standard InChI is InChI=1S/C16H23N3O2/c1-4-15-17-18-16(21-15)11-19(5-2)10-14(20)13-8-6-12(3)7-9-13/h6-9,14,20H,4-5,10-11H2,1-3H3. The second-order valence-corrected chi connectivity index (χ2v) is 5.20. The summed E-state index contributed by atoms with van der Waals surface area (Å²) in [6, 6.07) is 7.96. The second kappa shape index (κ2) is 7.33. The zero-order chi connectivity index (χ0) is 15.2. The van der Waals surface area contributed by atoms with E-state index in [2.05, 4.69) is 22.0 Å². The fourth-order valence-corrected chi connectivity index (χ4v) is 2.13. The maximum atomic E-state index is 10.3. The van der Waals surface area contributed by atoms with Crippen LogP contribution in [0.15, 0.2) is 28.7 Å². The molecule has 21 heavy (non-hydrogen) atoms. The third-order valence-electron chi connectivity index (χ3n) is 3.51. The van der Waals surface area contributed by atoms with E-state index in [1.807, 2.05) is 38.1 Å². The number of aryl methyl sites for hydroxylation is 2. The minimum absolute atomic E-state index is 0.515. The minimum atomic E-state index is -0.515. The summed E-state index contributed by atoms with van der Waals surface area (Å²) in [6.45, 7) is 7.99. The van der Waals surface area contributed by atoms with Crippen LogP contribution < -0.4 is 0 Å². The van der Waals surface area contributed by atoms with Crippen LogP contribution in [0.25, 0.3) is 0 Å². The predicted molar refractivity (Wildman–Crippen MR) is 80.8 cm³/mol. The van der Waals surface area contributed by atoms with Gasteiger partial charge in [0.1, 0.15) is 0 Å². The van der Waals surface area contributed by atoms with Crippen LogP contribution in [-0.4, -0.2) is 33.3 Å². The molecule has 0 bridgehead atoms. The van der Waals surface area contributed by atoms with Crippen molar-refractivity contribution >= 4 is 0 Å². The molecular formula is C16H23N3O2. The summed E-state index contributed by atoms with van der Waals surface area (Å²) >= 11 is 0. The van der Waals surface area contributed by atoms with E-state index in [4.69, 9.17) is 4.42 Å². The van der Waals surface area contributed by atoms with Gasteiger partial charge < -0.3 is 9.52 Å². The Balaban J connectivity index is 1.96. The third-order valence-corrected chi connectivity index (χ3v) is 3.51. The Hall–Kier alpha value is -1.72. The summed E-state index contributed by atoms with van der Waals surface area (Å²) in [4.78, 5) is 2.09. The molecular weight excluding hydrogens is 266 g/mol. The summed E-state index contributed by atoms with van der Waals surface area (Å²) in [6.07, 6.45) is 0.226. The molecule has 0 amide bonds. The zero-order valence-corrected chi connectivity index (χ0v) is 12.9. The van der Waals surface area contributed by atoms with E-state index in [0.717, 1.165) is 18.5 Å². The quantitative estimate of drug-likeness (QED) is 0.848. The molecule has 1 heterocycles. The number of likely N-dealkylation sites (N-methyl/N-ethyl adjacent to an activating group) is 1. The smallest absolute Gasteiger partial charge is 0.230 e. The van der Waals surface area contributed by atoms with E-state index in [1.54, 1.807) is 0 Å². The van der Waals surface area contributed by atoms with Crippen molar-refractivity contribution in [2.24, 2.45) is 0 Å². The molecule has 2 rings (SSSR count). The van der Waals surface area contributed by atoms with Crippen molar-refractivity contribution in [1.82, 2.24) is 15.1 Å². The molecule has 1 aromatic carbocycles. The summed E-state index contributed by atoms with van der Waals surface area (Å²) in [5.74, 6) is 1.25. The Morgan fingerprint density at radius 3 is 2.38 bits per heavy atom. The van der Waals surface area contributed by atoms with Crippen molar-refractivity contribution in [1.29, 1.82) is 0 Å². The maximum absolute atomic E-state index is 10.3. The van der Waals surface area contributed by atoms with Crippen molar-refractivity contribution in [2.45, 2.75) is 39.8 Å². The monoisotopic (exact) mass is 289 g/mol. The van der Waals surface area contributed by atoms with E-state index in [0.29, 0.717) is 24.9 Å². The van der Waals surface area contributed by atoms with E-state index in [1.165, 1.54) is 5.56 Å². The minimum Gasteiger partial charge on any atom is -0.424 e. The van der Waals surface area contributed by atoms with Crippen molar-refractivity contribution < 1.29 is 9.52 Å². The molecule has 0 fully saturated rings. The van der Waals surface area contributed by atoms with Gasteiger partial charge in [0.05, 0.1) is 12.6 Å². The normalized spacial score (nSPS) is 12.8. The van der Waals surface area contributed by atoms with Crippen LogP contribution in [0.1, 0.15) is 42.9 Å². The first kappa shape index (κ1) is 15.7. The lowest BCUT2D eigenvalue weighted by Crippen LogP contribution is -2.28. The lowest BCUT2D eigenvalue weighted by atomic mass is 10.1. The fourth-order valence-electron chi connectivity index (χ4n) is 2.13. The van der Waals surface area contributed by atoms with E-state index < -0.39 is 6.10 Å². The van der Waals surface area contributed by atoms with Crippen molar-refractivity contribution in [2.75, 3.05) is 13.1 Å². The van der Waals surface area contributed by atoms with Crippen LogP contribution in [-0.2, 0) is 13.0 Å². The lowest BCUT2D eigenvalue weighted by molar-refractivity contribution is 0.107. The molecule has 1 atom stereocenters. The second-order valence-electron chi connectivity index (χ2n) is 5.20. The predicted octanol–water partition coefficient (Wildman–Crippen LogP) is 2.50. The molecule has 0 saturated carbocycles. The van der Waals surface area contributed by atoms with E-state index in [-0.39, 0.29) is 0 Å². The highest BCUT2D eigenvalue weighted by Gasteiger charge is 2.15. The van der Waals surface area contributed by atoms with Gasteiger partial charge in [-0.15, -0.1) is 10.2 Å². The number of benzene rings is 1. The highest BCUT2D eigenvalue weighted by molar-refractivity contribution is 5.23. The van der Waals surface area contributed by atoms with Crippen LogP contribution in [0, 0.1) is 6.92 Å². The molecule has 0 radical (unpaired) electrons. The van der Waals surface area contributed by atoms with Crippen LogP contribution in [0.4, 0.5) is 0 Å². The van der Waals surface area contributed by atoms with Gasteiger partial charge >= 0.3 is 0 Å². The highest BCUT2D eigenvalue weighted by Crippen LogP contribution is 2.16. The van der Waals surface area contributed by atoms with Crippen LogP contribution in [0.5, 0.6) is 0 Å². The van der Waals surface area contributed by atoms with Crippen LogP contribution in [0.2, 0.25) is 0 Å². The topological polar surface area (TPSA) is 62.4 Å². The summed E-state index contributed by atoms with van der Waals surface area (Å²) in [5.41, 5.74) is 2.12. The van der Waals surface area contributed by atoms with Crippen molar-refractivity contribution in [3.8, 4) is 0 Å². The molecule has 0 saturated heterocycles. The van der Waals surface area contributed by atoms with E-state index in [9.17, 15) is 5.11 Å². The zero-order valence-electron chi connectivity index (χ0n) is 12.9. The largest absolute Gasteiger partial charge is 0.424 e. The first-order valence-corrected chi connectivity index (χ1v) is 7.40. The molecule has 0 spiro atoms. The van der Waals surface area contributed by atoms with Gasteiger partial charge in [-0.2, -0.15) is 0 Å². The SMILES string of the molecule is CCc1nnc(CN(CC)CC(O)c2ccc(C)cc2)o1. The van der Waals surface area contributed by atoms with E-state index >= 15 is 0 Å². The number of rotatable bonds is 7. The Labute approximate surface area is 125 Å². The van der Waals surface area contributed by atoms with Crippen molar-refractivity contribution in [3.63, 3.8) is 0 Å². The van der Waals surface area contributed by atoms with Gasteiger partial charge in [-0.25, -0.2) is 0 Å². The number of hydrogen-bond donors (Lipinski definition) is 1. The summed E-state index contributed by atoms with van der Waals surface area (Å²) in [7, 11) is 0. The maximum Gasteiger partial charge on any atom is 0.230 e. The average Bonchev–Trinajstić information content (AvgIpc) is 2.94. The van der Waals surface area contributed by atoms with Crippen LogP contribution in [0.3, 0.4) is 0 Å². The van der Waals surface area contributed by atoms with Gasteiger partial charge in [0.2, 0.25) is 11.8 Å². The van der Waals surface area contributed by atoms with Crippen LogP contribution >= 0.6 is 0 Å². The number of hydrogen-bond acceptors (Lipinski definition) is 5. The number of aliphatic hydroxyl groups is 1. The summed E-state index contributed by atoms with van der Waals surface area (Å²) in [5, 5.41) is 18.3. The van der Waals surface area contributed by atoms with Gasteiger partial charge in [0.25, 0.3) is 0 Å². The summed E-state index contributed by atoms with van der Waals surface area (Å²) < 4.78 is 5.52. The molecule has 0 aliphatic rings. The Morgan fingerprint density at radius 1 is 1.14 bits per heavy atom. The molecule has 0 aliphatic carbocycles. The van der Waals surface area contributed by atoms with Gasteiger partial charge in [-0.3, -0.25) is 4.90 Å². The molecule has 114 valence electrons. The van der Waals surface area contributed by atoms with Gasteiger partial charge in [-0.05, 0) is 19.0 Å². The molecule has 2 aromatic rings. The molecule has 1 N–H and O–H groups in total. The molecule has 5 heteroatoms. The van der Waals surface area contributed by atoms with Gasteiger partial charge in [0.15, 0.2) is 0 Å². The third kappa shape index (κ3) is 4.37. The Kier molecular flexibility index (Phi) is 5.47. The first-order chi connectivity index (χ1) is 10.1. The molecule has 1 unspecified atom stereocenters. The lowest BCUT2D eigenvalue weighted by Gasteiger charge is -2.22. The van der Waals surface area contributed by atoms with Gasteiger partial charge in [-0.1, -0.05) is 43.7 Å². The van der Waals surface area contributed by atoms with Gasteiger partial charge in [0, 0.05) is 13.0 Å². The molecule has 5 nitrogen and oxygen atoms in total. The fraction of sp³-hybridized carbons (Fsp3) is 0.500. The number of nitrogens with zero attached hydrogens (tertiary/aromatic N) is 3. The number of aromatic nitrogens is 2. The Bertz CT molecular complexity index is 551. The van der Waals surface area contributed by atoms with Crippen molar-refractivity contribution in [3.05, 3.63) is 47.2 Å². The molecule has 0 aliphatic heterocycles. The highest BCUT2D eigenvalue weighted by atomic mass is 16.4. The number of aliphatic hydroxyl groups excluding tert-OH is 1. The first-order valence-electron chi connectivity index (χ1n) is 7.40. The average molecular weight is 289 g/mol.